The highest BCUT2D eigenvalue weighted by Gasteiger charge is 2.24. The number of hydrogen-bond acceptors (Lipinski definition) is 2. The lowest BCUT2D eigenvalue weighted by molar-refractivity contribution is -0.904. The maximum Gasteiger partial charge on any atom is 0.128 e. The first kappa shape index (κ1) is 17.3. The number of quaternary nitrogens is 1. The number of rotatable bonds is 4. The zero-order chi connectivity index (χ0) is 17.1. The smallest absolute Gasteiger partial charge is 0.128 e. The maximum atomic E-state index is 10.4. The zero-order valence-corrected chi connectivity index (χ0v) is 15.2. The summed E-state index contributed by atoms with van der Waals surface area (Å²) in [6.07, 6.45) is -0.426. The van der Waals surface area contributed by atoms with Gasteiger partial charge < -0.3 is 14.9 Å². The average Bonchev–Trinajstić information content (AvgIpc) is 2.58. The lowest BCUT2D eigenvalue weighted by Gasteiger charge is -2.35. The van der Waals surface area contributed by atoms with Crippen LogP contribution >= 0.6 is 11.6 Å². The summed E-state index contributed by atoms with van der Waals surface area (Å²) in [4.78, 5) is 3.93. The van der Waals surface area contributed by atoms with E-state index in [1.165, 1.54) is 21.7 Å². The Bertz CT molecular complexity index is 679. The maximum absolute atomic E-state index is 10.4. The quantitative estimate of drug-likeness (QED) is 0.890. The Hall–Kier alpha value is -1.55. The van der Waals surface area contributed by atoms with Gasteiger partial charge in [0.25, 0.3) is 0 Å². The summed E-state index contributed by atoms with van der Waals surface area (Å²) in [5, 5.41) is 11.2. The van der Waals surface area contributed by atoms with Crippen molar-refractivity contribution in [1.29, 1.82) is 0 Å². The van der Waals surface area contributed by atoms with Gasteiger partial charge in [-0.2, -0.15) is 0 Å². The molecule has 0 aliphatic carbocycles. The molecule has 0 aromatic heterocycles. The standard InChI is InChI=1S/C20H25ClN2O/c1-15-3-4-16(2)19(13-15)23-11-9-22(10-12-23)14-20(24)17-5-7-18(21)8-6-17/h3-8,13,20,24H,9-12,14H2,1-2H3/p+1/t20-/m1/s1. The molecule has 0 bridgehead atoms. The topological polar surface area (TPSA) is 27.9 Å². The highest BCUT2D eigenvalue weighted by Crippen LogP contribution is 2.21. The number of benzene rings is 2. The highest BCUT2D eigenvalue weighted by atomic mass is 35.5. The van der Waals surface area contributed by atoms with E-state index in [1.54, 1.807) is 0 Å². The number of halogens is 1. The number of aliphatic hydroxyl groups excluding tert-OH is 1. The predicted octanol–water partition coefficient (Wildman–Crippen LogP) is 2.40. The number of hydrogen-bond donors (Lipinski definition) is 2. The third-order valence-corrected chi connectivity index (χ3v) is 5.16. The lowest BCUT2D eigenvalue weighted by atomic mass is 10.1. The van der Waals surface area contributed by atoms with Crippen LogP contribution in [0.25, 0.3) is 0 Å². The van der Waals surface area contributed by atoms with Gasteiger partial charge >= 0.3 is 0 Å². The molecule has 1 atom stereocenters. The summed E-state index contributed by atoms with van der Waals surface area (Å²) >= 11 is 5.91. The molecule has 0 spiro atoms. The van der Waals surface area contributed by atoms with E-state index in [0.29, 0.717) is 5.02 Å². The molecule has 0 radical (unpaired) electrons. The molecule has 0 amide bonds. The van der Waals surface area contributed by atoms with Crippen LogP contribution in [0.2, 0.25) is 5.02 Å². The van der Waals surface area contributed by atoms with Crippen molar-refractivity contribution in [2.45, 2.75) is 20.0 Å². The normalized spacial score (nSPS) is 17.1. The molecular weight excluding hydrogens is 320 g/mol. The lowest BCUT2D eigenvalue weighted by Crippen LogP contribution is -3.15. The van der Waals surface area contributed by atoms with Crippen LogP contribution in [0.15, 0.2) is 42.5 Å². The molecule has 24 heavy (non-hydrogen) atoms. The molecule has 0 saturated carbocycles. The summed E-state index contributed by atoms with van der Waals surface area (Å²) in [6, 6.07) is 14.2. The third-order valence-electron chi connectivity index (χ3n) is 4.91. The van der Waals surface area contributed by atoms with Crippen molar-refractivity contribution >= 4 is 17.3 Å². The Morgan fingerprint density at radius 1 is 1.08 bits per heavy atom. The van der Waals surface area contributed by atoms with Crippen LogP contribution in [-0.4, -0.2) is 37.8 Å². The van der Waals surface area contributed by atoms with Gasteiger partial charge in [-0.05, 0) is 48.7 Å². The molecule has 128 valence electrons. The molecule has 1 heterocycles. The van der Waals surface area contributed by atoms with Crippen LogP contribution in [0.1, 0.15) is 22.8 Å². The van der Waals surface area contributed by atoms with Crippen LogP contribution < -0.4 is 9.80 Å². The molecule has 1 aliphatic heterocycles. The summed E-state index contributed by atoms with van der Waals surface area (Å²) in [5.74, 6) is 0. The fraction of sp³-hybridized carbons (Fsp3) is 0.400. The van der Waals surface area contributed by atoms with E-state index in [1.807, 2.05) is 24.3 Å². The molecule has 1 aliphatic rings. The Labute approximate surface area is 149 Å². The fourth-order valence-electron chi connectivity index (χ4n) is 3.40. The summed E-state index contributed by atoms with van der Waals surface area (Å²) in [6.45, 7) is 9.25. The van der Waals surface area contributed by atoms with Crippen LogP contribution in [0, 0.1) is 13.8 Å². The fourth-order valence-corrected chi connectivity index (χ4v) is 3.53. The first-order valence-corrected chi connectivity index (χ1v) is 9.00. The summed E-state index contributed by atoms with van der Waals surface area (Å²) in [7, 11) is 0. The molecule has 3 nitrogen and oxygen atoms in total. The first-order valence-electron chi connectivity index (χ1n) is 8.62. The number of nitrogens with zero attached hydrogens (tertiary/aromatic N) is 1. The molecule has 2 N–H and O–H groups in total. The Morgan fingerprint density at radius 3 is 2.42 bits per heavy atom. The average molecular weight is 346 g/mol. The Kier molecular flexibility index (Phi) is 5.44. The summed E-state index contributed by atoms with van der Waals surface area (Å²) in [5.41, 5.74) is 4.95. The van der Waals surface area contributed by atoms with Gasteiger partial charge in [-0.15, -0.1) is 0 Å². The van der Waals surface area contributed by atoms with Gasteiger partial charge in [0.15, 0.2) is 0 Å². The number of piperazine rings is 1. The van der Waals surface area contributed by atoms with E-state index in [9.17, 15) is 5.11 Å². The van der Waals surface area contributed by atoms with Crippen molar-refractivity contribution in [3.05, 3.63) is 64.2 Å². The van der Waals surface area contributed by atoms with Crippen molar-refractivity contribution in [2.24, 2.45) is 0 Å². The van der Waals surface area contributed by atoms with E-state index >= 15 is 0 Å². The molecular formula is C20H26ClN2O+. The van der Waals surface area contributed by atoms with Crippen molar-refractivity contribution in [3.8, 4) is 0 Å². The van der Waals surface area contributed by atoms with E-state index in [4.69, 9.17) is 11.6 Å². The van der Waals surface area contributed by atoms with Crippen molar-refractivity contribution in [1.82, 2.24) is 0 Å². The minimum Gasteiger partial charge on any atom is -0.382 e. The SMILES string of the molecule is Cc1ccc(C)c(N2CC[NH+](C[C@@H](O)c3ccc(Cl)cc3)CC2)c1. The number of nitrogens with one attached hydrogen (secondary N) is 1. The van der Waals surface area contributed by atoms with Crippen LogP contribution in [-0.2, 0) is 0 Å². The van der Waals surface area contributed by atoms with E-state index in [0.717, 1.165) is 38.3 Å². The van der Waals surface area contributed by atoms with E-state index < -0.39 is 6.10 Å². The minimum absolute atomic E-state index is 0.426. The largest absolute Gasteiger partial charge is 0.382 e. The first-order chi connectivity index (χ1) is 11.5. The van der Waals surface area contributed by atoms with Crippen LogP contribution in [0.5, 0.6) is 0 Å². The predicted molar refractivity (Wildman–Crippen MR) is 100 cm³/mol. The summed E-state index contributed by atoms with van der Waals surface area (Å²) < 4.78 is 0. The van der Waals surface area contributed by atoms with Gasteiger partial charge in [0.1, 0.15) is 12.6 Å². The van der Waals surface area contributed by atoms with Crippen molar-refractivity contribution in [3.63, 3.8) is 0 Å². The molecule has 1 saturated heterocycles. The van der Waals surface area contributed by atoms with Gasteiger partial charge in [0.05, 0.1) is 26.2 Å². The molecule has 4 heteroatoms. The van der Waals surface area contributed by atoms with Gasteiger partial charge in [0.2, 0.25) is 0 Å². The molecule has 3 rings (SSSR count). The molecule has 2 aromatic carbocycles. The van der Waals surface area contributed by atoms with Gasteiger partial charge in [-0.3, -0.25) is 0 Å². The van der Waals surface area contributed by atoms with Crippen LogP contribution in [0.4, 0.5) is 5.69 Å². The van der Waals surface area contributed by atoms with Gasteiger partial charge in [-0.1, -0.05) is 35.9 Å². The second-order valence-electron chi connectivity index (χ2n) is 6.80. The van der Waals surface area contributed by atoms with Crippen molar-refractivity contribution < 1.29 is 10.0 Å². The molecule has 0 unspecified atom stereocenters. The van der Waals surface area contributed by atoms with E-state index in [-0.39, 0.29) is 0 Å². The van der Waals surface area contributed by atoms with Crippen LogP contribution in [0.3, 0.4) is 0 Å². The number of aryl methyl sites for hydroxylation is 2. The highest BCUT2D eigenvalue weighted by molar-refractivity contribution is 6.30. The Morgan fingerprint density at radius 2 is 1.75 bits per heavy atom. The minimum atomic E-state index is -0.426. The Balaban J connectivity index is 1.57. The van der Waals surface area contributed by atoms with Crippen molar-refractivity contribution in [2.75, 3.05) is 37.6 Å². The molecule has 2 aromatic rings. The third kappa shape index (κ3) is 4.10. The second kappa shape index (κ2) is 7.56. The number of anilines is 1. The van der Waals surface area contributed by atoms with Gasteiger partial charge in [-0.25, -0.2) is 0 Å². The second-order valence-corrected chi connectivity index (χ2v) is 7.23. The number of aliphatic hydroxyl groups is 1. The van der Waals surface area contributed by atoms with E-state index in [2.05, 4.69) is 36.9 Å². The zero-order valence-electron chi connectivity index (χ0n) is 14.4. The molecule has 1 fully saturated rings. The van der Waals surface area contributed by atoms with Gasteiger partial charge in [0, 0.05) is 10.7 Å². The monoisotopic (exact) mass is 345 g/mol.